The quantitative estimate of drug-likeness (QED) is 0.653. The molecule has 1 heterocycles. The lowest BCUT2D eigenvalue weighted by Gasteiger charge is -2.37. The highest BCUT2D eigenvalue weighted by Gasteiger charge is 2.42. The maximum Gasteiger partial charge on any atom is 0.244 e. The molecule has 29 heavy (non-hydrogen) atoms. The third-order valence-electron chi connectivity index (χ3n) is 5.36. The molecule has 1 aliphatic heterocycles. The Morgan fingerprint density at radius 3 is 2.28 bits per heavy atom. The lowest BCUT2D eigenvalue weighted by molar-refractivity contribution is -0.119. The zero-order chi connectivity index (χ0) is 22.2. The van der Waals surface area contributed by atoms with Gasteiger partial charge in [-0.05, 0) is 57.6 Å². The highest BCUT2D eigenvalue weighted by Crippen LogP contribution is 2.30. The van der Waals surface area contributed by atoms with Gasteiger partial charge >= 0.3 is 0 Å². The zero-order valence-electron chi connectivity index (χ0n) is 17.9. The van der Waals surface area contributed by atoms with Gasteiger partial charge < -0.3 is 0 Å². The molecule has 1 aromatic carbocycles. The molecule has 1 aromatic rings. The van der Waals surface area contributed by atoms with Crippen molar-refractivity contribution in [3.63, 3.8) is 0 Å². The highest BCUT2D eigenvalue weighted by molar-refractivity contribution is 7.94. The summed E-state index contributed by atoms with van der Waals surface area (Å²) in [6, 6.07) is 4.14. The van der Waals surface area contributed by atoms with E-state index >= 15 is 0 Å². The zero-order valence-corrected chi connectivity index (χ0v) is 19.5. The first-order chi connectivity index (χ1) is 13.3. The number of hydrogen-bond acceptors (Lipinski definition) is 6. The van der Waals surface area contributed by atoms with Crippen LogP contribution in [0.2, 0.25) is 0 Å². The number of carbonyl (C=O) groups is 1. The van der Waals surface area contributed by atoms with E-state index in [9.17, 15) is 21.6 Å². The molecule has 1 saturated heterocycles. The van der Waals surface area contributed by atoms with E-state index in [4.69, 9.17) is 0 Å². The fourth-order valence-corrected chi connectivity index (χ4v) is 6.93. The van der Waals surface area contributed by atoms with Crippen molar-refractivity contribution in [2.45, 2.75) is 52.0 Å². The number of nitrogens with zero attached hydrogens (tertiary/aromatic N) is 2. The third kappa shape index (κ3) is 4.82. The Bertz CT molecular complexity index is 983. The van der Waals surface area contributed by atoms with Crippen molar-refractivity contribution in [3.05, 3.63) is 23.8 Å². The number of benzene rings is 1. The van der Waals surface area contributed by atoms with Gasteiger partial charge in [-0.25, -0.2) is 25.9 Å². The molecule has 0 spiro atoms. The summed E-state index contributed by atoms with van der Waals surface area (Å²) in [6.07, 6.45) is 0. The van der Waals surface area contributed by atoms with Crippen LogP contribution in [0.3, 0.4) is 0 Å². The summed E-state index contributed by atoms with van der Waals surface area (Å²) in [5.74, 6) is -1.36. The van der Waals surface area contributed by atoms with E-state index in [1.165, 1.54) is 18.2 Å². The van der Waals surface area contributed by atoms with Crippen molar-refractivity contribution in [1.82, 2.24) is 9.62 Å². The predicted molar refractivity (Wildman–Crippen MR) is 114 cm³/mol. The minimum absolute atomic E-state index is 0.0636. The minimum atomic E-state index is -3.80. The molecule has 164 valence electrons. The van der Waals surface area contributed by atoms with Gasteiger partial charge in [0.1, 0.15) is 0 Å². The van der Waals surface area contributed by atoms with Gasteiger partial charge in [-0.1, -0.05) is 20.8 Å². The first-order valence-electron chi connectivity index (χ1n) is 9.69. The summed E-state index contributed by atoms with van der Waals surface area (Å²) in [5, 5.41) is 0. The molecular formula is C19H31N3O5S2. The number of carbonyl (C=O) groups excluding carboxylic acids is 1. The largest absolute Gasteiger partial charge is 0.297 e. The van der Waals surface area contributed by atoms with Crippen LogP contribution < -0.4 is 9.03 Å². The van der Waals surface area contributed by atoms with Gasteiger partial charge in [0.25, 0.3) is 0 Å². The molecule has 8 nitrogen and oxygen atoms in total. The number of rotatable bonds is 8. The van der Waals surface area contributed by atoms with Crippen molar-refractivity contribution >= 4 is 31.6 Å². The van der Waals surface area contributed by atoms with E-state index in [0.717, 1.165) is 17.4 Å². The number of hydrogen-bond donors (Lipinski definition) is 1. The number of nitrogens with one attached hydrogen (secondary N) is 1. The van der Waals surface area contributed by atoms with E-state index in [-0.39, 0.29) is 28.4 Å². The van der Waals surface area contributed by atoms with Gasteiger partial charge in [0.2, 0.25) is 26.0 Å². The van der Waals surface area contributed by atoms with Crippen LogP contribution >= 0.6 is 0 Å². The maximum absolute atomic E-state index is 12.8. The first-order valence-corrected chi connectivity index (χ1v) is 12.8. The number of amides is 1. The fraction of sp³-hybridized carbons (Fsp3) is 0.632. The molecule has 10 heteroatoms. The topological polar surface area (TPSA) is 104 Å². The van der Waals surface area contributed by atoms with Crippen molar-refractivity contribution < 1.29 is 21.6 Å². The van der Waals surface area contributed by atoms with Gasteiger partial charge in [0, 0.05) is 12.1 Å². The van der Waals surface area contributed by atoms with E-state index in [1.807, 2.05) is 27.7 Å². The van der Waals surface area contributed by atoms with Crippen LogP contribution in [0.25, 0.3) is 0 Å². The maximum atomic E-state index is 12.8. The third-order valence-corrected chi connectivity index (χ3v) is 8.79. The molecule has 0 radical (unpaired) electrons. The van der Waals surface area contributed by atoms with Crippen LogP contribution in [0.15, 0.2) is 23.1 Å². The molecular weight excluding hydrogens is 414 g/mol. The molecule has 1 atom stereocenters. The molecule has 0 saturated carbocycles. The van der Waals surface area contributed by atoms with E-state index in [1.54, 1.807) is 13.8 Å². The summed E-state index contributed by atoms with van der Waals surface area (Å²) < 4.78 is 53.7. The average Bonchev–Trinajstić information content (AvgIpc) is 2.81. The lowest BCUT2D eigenvalue weighted by Crippen LogP contribution is -2.51. The molecule has 2 rings (SSSR count). The standard InChI is InChI=1S/C19H31N3O5S2/c1-7-21(8-2)19(5,6)13-20-29(26,27)17-10-9-16(11-14(17)3)22-18(23)15(4)12-28(22,24)25/h9-11,15,20H,7-8,12-13H2,1-6H3. The van der Waals surface area contributed by atoms with Crippen LogP contribution in [-0.2, 0) is 24.8 Å². The Morgan fingerprint density at radius 1 is 1.24 bits per heavy atom. The summed E-state index contributed by atoms with van der Waals surface area (Å²) in [7, 11) is -7.53. The Labute approximate surface area is 174 Å². The number of sulfonamides is 2. The van der Waals surface area contributed by atoms with E-state index in [0.29, 0.717) is 5.56 Å². The fourth-order valence-electron chi connectivity index (χ4n) is 3.69. The van der Waals surface area contributed by atoms with E-state index in [2.05, 4.69) is 9.62 Å². The highest BCUT2D eigenvalue weighted by atomic mass is 32.2. The molecule has 0 aliphatic carbocycles. The number of likely N-dealkylation sites (N-methyl/N-ethyl adjacent to an activating group) is 1. The molecule has 0 bridgehead atoms. The van der Waals surface area contributed by atoms with Crippen LogP contribution in [-0.4, -0.2) is 58.6 Å². The normalized spacial score (nSPS) is 19.9. The van der Waals surface area contributed by atoms with Crippen LogP contribution in [0, 0.1) is 12.8 Å². The van der Waals surface area contributed by atoms with Crippen LogP contribution in [0.5, 0.6) is 0 Å². The predicted octanol–water partition coefficient (Wildman–Crippen LogP) is 1.71. The second kappa shape index (κ2) is 8.33. The monoisotopic (exact) mass is 445 g/mol. The van der Waals surface area contributed by atoms with Gasteiger partial charge in [0.15, 0.2) is 0 Å². The molecule has 1 aliphatic rings. The Kier molecular flexibility index (Phi) is 6.83. The van der Waals surface area contributed by atoms with Crippen molar-refractivity contribution in [3.8, 4) is 0 Å². The van der Waals surface area contributed by atoms with E-state index < -0.39 is 31.9 Å². The van der Waals surface area contributed by atoms with Gasteiger partial charge in [-0.2, -0.15) is 0 Å². The molecule has 1 unspecified atom stereocenters. The molecule has 1 amide bonds. The van der Waals surface area contributed by atoms with Crippen LogP contribution in [0.1, 0.15) is 40.2 Å². The summed E-state index contributed by atoms with van der Waals surface area (Å²) in [4.78, 5) is 14.5. The minimum Gasteiger partial charge on any atom is -0.297 e. The Morgan fingerprint density at radius 2 is 1.83 bits per heavy atom. The van der Waals surface area contributed by atoms with Gasteiger partial charge in [0.05, 0.1) is 22.3 Å². The summed E-state index contributed by atoms with van der Waals surface area (Å²) in [6.45, 7) is 13.0. The lowest BCUT2D eigenvalue weighted by atomic mass is 10.0. The summed E-state index contributed by atoms with van der Waals surface area (Å²) in [5.41, 5.74) is 0.175. The average molecular weight is 446 g/mol. The van der Waals surface area contributed by atoms with Crippen LogP contribution in [0.4, 0.5) is 5.69 Å². The van der Waals surface area contributed by atoms with Gasteiger partial charge in [-0.3, -0.25) is 9.69 Å². The molecule has 0 aromatic heterocycles. The second-order valence-corrected chi connectivity index (χ2v) is 11.6. The smallest absolute Gasteiger partial charge is 0.244 e. The van der Waals surface area contributed by atoms with Crippen molar-refractivity contribution in [2.24, 2.45) is 5.92 Å². The number of anilines is 1. The Balaban J connectivity index is 2.29. The second-order valence-electron chi connectivity index (χ2n) is 8.04. The first kappa shape index (κ1) is 23.8. The molecule has 1 N–H and O–H groups in total. The van der Waals surface area contributed by atoms with Crippen molar-refractivity contribution in [1.29, 1.82) is 0 Å². The Hall–Kier alpha value is -1.49. The van der Waals surface area contributed by atoms with Crippen molar-refractivity contribution in [2.75, 3.05) is 29.7 Å². The van der Waals surface area contributed by atoms with Gasteiger partial charge in [-0.15, -0.1) is 0 Å². The SMILES string of the molecule is CCN(CC)C(C)(C)CNS(=O)(=O)c1ccc(N2C(=O)C(C)CS2(=O)=O)cc1C. The molecule has 1 fully saturated rings. The number of aryl methyl sites for hydroxylation is 1. The summed E-state index contributed by atoms with van der Waals surface area (Å²) >= 11 is 0.